The molecule has 3 rings (SSSR count). The van der Waals surface area contributed by atoms with Gasteiger partial charge < -0.3 is 5.32 Å². The molecule has 0 amide bonds. The van der Waals surface area contributed by atoms with Gasteiger partial charge in [0.2, 0.25) is 5.95 Å². The fourth-order valence-corrected chi connectivity index (χ4v) is 2.60. The third kappa shape index (κ3) is 1.41. The van der Waals surface area contributed by atoms with Crippen LogP contribution in [0.4, 0.5) is 5.95 Å². The summed E-state index contributed by atoms with van der Waals surface area (Å²) in [7, 11) is 0. The van der Waals surface area contributed by atoms with E-state index in [1.807, 2.05) is 23.2 Å². The number of thiazole rings is 1. The lowest BCUT2D eigenvalue weighted by Gasteiger charge is -2.22. The summed E-state index contributed by atoms with van der Waals surface area (Å²) in [5.41, 5.74) is 0. The molecule has 78 valence electrons. The fraction of sp³-hybridized carbons (Fsp3) is 0.444. The lowest BCUT2D eigenvalue weighted by Crippen LogP contribution is -2.24. The van der Waals surface area contributed by atoms with E-state index in [9.17, 15) is 0 Å². The molecular formula is C9H11N5S. The molecule has 1 atom stereocenters. The number of nitrogens with zero attached hydrogens (tertiary/aromatic N) is 4. The summed E-state index contributed by atoms with van der Waals surface area (Å²) >= 11 is 1.67. The van der Waals surface area contributed by atoms with Crippen molar-refractivity contribution in [3.8, 4) is 0 Å². The summed E-state index contributed by atoms with van der Waals surface area (Å²) in [6, 6.07) is 0.252. The summed E-state index contributed by atoms with van der Waals surface area (Å²) in [4.78, 5) is 8.68. The minimum absolute atomic E-state index is 0.252. The molecule has 2 aromatic heterocycles. The monoisotopic (exact) mass is 221 g/mol. The number of hydrogen-bond donors (Lipinski definition) is 1. The van der Waals surface area contributed by atoms with Gasteiger partial charge in [-0.3, -0.25) is 0 Å². The van der Waals surface area contributed by atoms with E-state index >= 15 is 0 Å². The second-order valence-electron chi connectivity index (χ2n) is 3.53. The number of fused-ring (bicyclic) bond motifs is 1. The molecule has 1 aliphatic heterocycles. The molecule has 0 spiro atoms. The van der Waals surface area contributed by atoms with Gasteiger partial charge in [0.15, 0.2) is 0 Å². The van der Waals surface area contributed by atoms with Crippen molar-refractivity contribution in [1.29, 1.82) is 0 Å². The molecule has 0 radical (unpaired) electrons. The standard InChI is InChI=1S/C9H11N5S/c1-6-12-9-11-3-2-7(14(9)13-6)8-10-4-5-15-8/h4-5,7H,2-3H2,1H3,(H,11,12,13). The molecule has 0 fully saturated rings. The Kier molecular flexibility index (Phi) is 1.95. The highest BCUT2D eigenvalue weighted by molar-refractivity contribution is 7.09. The molecule has 0 saturated carbocycles. The maximum absolute atomic E-state index is 4.40. The Morgan fingerprint density at radius 3 is 3.33 bits per heavy atom. The molecule has 2 aromatic rings. The first-order valence-corrected chi connectivity index (χ1v) is 5.79. The van der Waals surface area contributed by atoms with E-state index < -0.39 is 0 Å². The number of aryl methyl sites for hydroxylation is 1. The van der Waals surface area contributed by atoms with Gasteiger partial charge in [-0.05, 0) is 13.3 Å². The van der Waals surface area contributed by atoms with Crippen LogP contribution < -0.4 is 5.32 Å². The van der Waals surface area contributed by atoms with Crippen LogP contribution in [-0.4, -0.2) is 26.3 Å². The van der Waals surface area contributed by atoms with Crippen LogP contribution in [0.25, 0.3) is 0 Å². The Labute approximate surface area is 91.2 Å². The molecule has 0 aromatic carbocycles. The van der Waals surface area contributed by atoms with Crippen LogP contribution in [0, 0.1) is 6.92 Å². The summed E-state index contributed by atoms with van der Waals surface area (Å²) < 4.78 is 1.94. The molecule has 5 nitrogen and oxygen atoms in total. The van der Waals surface area contributed by atoms with Crippen LogP contribution in [0.5, 0.6) is 0 Å². The zero-order valence-corrected chi connectivity index (χ0v) is 9.16. The van der Waals surface area contributed by atoms with Gasteiger partial charge in [0.1, 0.15) is 16.9 Å². The fourth-order valence-electron chi connectivity index (χ4n) is 1.84. The maximum Gasteiger partial charge on any atom is 0.222 e. The largest absolute Gasteiger partial charge is 0.354 e. The maximum atomic E-state index is 4.40. The molecule has 3 heterocycles. The molecule has 1 aliphatic rings. The molecule has 0 saturated heterocycles. The predicted octanol–water partition coefficient (Wildman–Crippen LogP) is 1.45. The second kappa shape index (κ2) is 3.30. The SMILES string of the molecule is Cc1nc2n(n1)C(c1nccs1)CCN2. The lowest BCUT2D eigenvalue weighted by molar-refractivity contribution is 0.476. The molecule has 1 N–H and O–H groups in total. The van der Waals surface area contributed by atoms with Crippen molar-refractivity contribution in [2.24, 2.45) is 0 Å². The number of anilines is 1. The Hall–Kier alpha value is -1.43. The van der Waals surface area contributed by atoms with Crippen LogP contribution in [0.2, 0.25) is 0 Å². The number of rotatable bonds is 1. The van der Waals surface area contributed by atoms with Crippen molar-refractivity contribution in [1.82, 2.24) is 19.7 Å². The van der Waals surface area contributed by atoms with Gasteiger partial charge in [-0.15, -0.1) is 11.3 Å². The molecule has 15 heavy (non-hydrogen) atoms. The number of hydrogen-bond acceptors (Lipinski definition) is 5. The average Bonchev–Trinajstić information content (AvgIpc) is 2.82. The van der Waals surface area contributed by atoms with Crippen molar-refractivity contribution >= 4 is 17.3 Å². The van der Waals surface area contributed by atoms with Crippen molar-refractivity contribution in [3.63, 3.8) is 0 Å². The Balaban J connectivity index is 2.06. The minimum Gasteiger partial charge on any atom is -0.354 e. The quantitative estimate of drug-likeness (QED) is 0.792. The van der Waals surface area contributed by atoms with Gasteiger partial charge in [-0.25, -0.2) is 9.67 Å². The molecule has 0 bridgehead atoms. The predicted molar refractivity (Wildman–Crippen MR) is 58.1 cm³/mol. The zero-order chi connectivity index (χ0) is 10.3. The first-order chi connectivity index (χ1) is 7.34. The van der Waals surface area contributed by atoms with Gasteiger partial charge in [0.05, 0.1) is 0 Å². The van der Waals surface area contributed by atoms with Crippen LogP contribution in [0.15, 0.2) is 11.6 Å². The average molecular weight is 221 g/mol. The van der Waals surface area contributed by atoms with E-state index in [0.29, 0.717) is 0 Å². The third-order valence-electron chi connectivity index (χ3n) is 2.47. The molecular weight excluding hydrogens is 210 g/mol. The lowest BCUT2D eigenvalue weighted by atomic mass is 10.2. The molecule has 0 aliphatic carbocycles. The van der Waals surface area contributed by atoms with Gasteiger partial charge >= 0.3 is 0 Å². The van der Waals surface area contributed by atoms with Gasteiger partial charge in [0.25, 0.3) is 0 Å². The number of nitrogens with one attached hydrogen (secondary N) is 1. The van der Waals surface area contributed by atoms with Crippen molar-refractivity contribution < 1.29 is 0 Å². The van der Waals surface area contributed by atoms with E-state index in [4.69, 9.17) is 0 Å². The Morgan fingerprint density at radius 2 is 2.53 bits per heavy atom. The second-order valence-corrected chi connectivity index (χ2v) is 4.45. The molecule has 1 unspecified atom stereocenters. The van der Waals surface area contributed by atoms with Gasteiger partial charge in [0, 0.05) is 18.1 Å². The Morgan fingerprint density at radius 1 is 1.60 bits per heavy atom. The summed E-state index contributed by atoms with van der Waals surface area (Å²) in [6.45, 7) is 2.84. The minimum atomic E-state index is 0.252. The third-order valence-corrected chi connectivity index (χ3v) is 3.35. The smallest absolute Gasteiger partial charge is 0.222 e. The molecule has 6 heteroatoms. The summed E-state index contributed by atoms with van der Waals surface area (Å²) in [5.74, 6) is 1.67. The van der Waals surface area contributed by atoms with E-state index in [-0.39, 0.29) is 6.04 Å². The topological polar surface area (TPSA) is 55.6 Å². The van der Waals surface area contributed by atoms with Crippen molar-refractivity contribution in [2.75, 3.05) is 11.9 Å². The van der Waals surface area contributed by atoms with Crippen LogP contribution >= 0.6 is 11.3 Å². The first kappa shape index (κ1) is 8.84. The highest BCUT2D eigenvalue weighted by Crippen LogP contribution is 2.29. The van der Waals surface area contributed by atoms with Crippen LogP contribution in [-0.2, 0) is 0 Å². The van der Waals surface area contributed by atoms with Crippen molar-refractivity contribution in [2.45, 2.75) is 19.4 Å². The first-order valence-electron chi connectivity index (χ1n) is 4.91. The normalized spacial score (nSPS) is 19.7. The van der Waals surface area contributed by atoms with Gasteiger partial charge in [-0.2, -0.15) is 10.1 Å². The highest BCUT2D eigenvalue weighted by Gasteiger charge is 2.25. The van der Waals surface area contributed by atoms with E-state index in [2.05, 4.69) is 20.4 Å². The Bertz CT molecular complexity index is 461. The van der Waals surface area contributed by atoms with E-state index in [0.717, 1.165) is 29.7 Å². The van der Waals surface area contributed by atoms with Crippen molar-refractivity contribution in [3.05, 3.63) is 22.4 Å². The van der Waals surface area contributed by atoms with E-state index in [1.54, 1.807) is 11.3 Å². The van der Waals surface area contributed by atoms with Crippen LogP contribution in [0.3, 0.4) is 0 Å². The van der Waals surface area contributed by atoms with Crippen LogP contribution in [0.1, 0.15) is 23.3 Å². The van der Waals surface area contributed by atoms with E-state index in [1.165, 1.54) is 0 Å². The van der Waals surface area contributed by atoms with Gasteiger partial charge in [-0.1, -0.05) is 0 Å². The number of aromatic nitrogens is 4. The summed E-state index contributed by atoms with van der Waals surface area (Å²) in [6.07, 6.45) is 2.86. The highest BCUT2D eigenvalue weighted by atomic mass is 32.1. The zero-order valence-electron chi connectivity index (χ0n) is 8.34. The summed E-state index contributed by atoms with van der Waals surface area (Å²) in [5, 5.41) is 10.8.